The van der Waals surface area contributed by atoms with Crippen molar-refractivity contribution in [2.45, 2.75) is 51.5 Å². The summed E-state index contributed by atoms with van der Waals surface area (Å²) in [5.41, 5.74) is -0.492. The number of hydrogen-bond donors (Lipinski definition) is 2. The smallest absolute Gasteiger partial charge is 0.444 e. The van der Waals surface area contributed by atoms with Gasteiger partial charge in [0.2, 0.25) is 0 Å². The third kappa shape index (κ3) is 3.89. The molecule has 0 spiro atoms. The fourth-order valence-electron chi connectivity index (χ4n) is 1.78. The number of amides is 1. The molecule has 5 nitrogen and oxygen atoms in total. The van der Waals surface area contributed by atoms with E-state index in [4.69, 9.17) is 4.74 Å². The molecule has 98 valence electrons. The highest BCUT2D eigenvalue weighted by molar-refractivity contribution is 6.45. The molecule has 1 saturated heterocycles. The predicted octanol–water partition coefficient (Wildman–Crippen LogP) is 1.25. The summed E-state index contributed by atoms with van der Waals surface area (Å²) >= 11 is 0. The molecule has 1 aliphatic rings. The van der Waals surface area contributed by atoms with Gasteiger partial charge >= 0.3 is 13.2 Å². The predicted molar refractivity (Wildman–Crippen MR) is 65.6 cm³/mol. The van der Waals surface area contributed by atoms with Crippen molar-refractivity contribution in [3.8, 4) is 0 Å². The molecule has 1 heterocycles. The Balaban J connectivity index is 2.50. The van der Waals surface area contributed by atoms with E-state index in [1.54, 1.807) is 4.90 Å². The van der Waals surface area contributed by atoms with Crippen molar-refractivity contribution in [2.75, 3.05) is 13.1 Å². The molecule has 0 bridgehead atoms. The SMILES string of the molecule is CC(C)(C)OC(=O)N1CCC(C)(B(O)O)CC1. The molecule has 0 aliphatic carbocycles. The number of carbonyl (C=O) groups is 1. The number of likely N-dealkylation sites (tertiary alicyclic amines) is 1. The number of piperidine rings is 1. The Morgan fingerprint density at radius 3 is 2.12 bits per heavy atom. The maximum absolute atomic E-state index is 11.8. The van der Waals surface area contributed by atoms with Crippen LogP contribution in [0.4, 0.5) is 4.79 Å². The monoisotopic (exact) mass is 243 g/mol. The van der Waals surface area contributed by atoms with Gasteiger partial charge in [-0.05, 0) is 33.6 Å². The topological polar surface area (TPSA) is 70.0 Å². The van der Waals surface area contributed by atoms with E-state index in [1.807, 2.05) is 27.7 Å². The zero-order valence-electron chi connectivity index (χ0n) is 11.1. The molecular weight excluding hydrogens is 221 g/mol. The highest BCUT2D eigenvalue weighted by Gasteiger charge is 2.41. The molecule has 17 heavy (non-hydrogen) atoms. The van der Waals surface area contributed by atoms with E-state index in [1.165, 1.54) is 0 Å². The van der Waals surface area contributed by atoms with Gasteiger partial charge < -0.3 is 19.7 Å². The number of rotatable bonds is 1. The second-order valence-electron chi connectivity index (χ2n) is 6.00. The minimum atomic E-state index is -1.33. The third-order valence-corrected chi connectivity index (χ3v) is 3.18. The molecular formula is C11H22BNO4. The summed E-state index contributed by atoms with van der Waals surface area (Å²) in [4.78, 5) is 13.4. The van der Waals surface area contributed by atoms with E-state index in [2.05, 4.69) is 0 Å². The quantitative estimate of drug-likeness (QED) is 0.680. The molecule has 1 amide bonds. The van der Waals surface area contributed by atoms with Crippen LogP contribution >= 0.6 is 0 Å². The van der Waals surface area contributed by atoms with Gasteiger partial charge in [-0.25, -0.2) is 4.79 Å². The summed E-state index contributed by atoms with van der Waals surface area (Å²) in [7, 11) is -1.33. The molecule has 6 heteroatoms. The van der Waals surface area contributed by atoms with E-state index >= 15 is 0 Å². The average molecular weight is 243 g/mol. The van der Waals surface area contributed by atoms with Gasteiger partial charge in [-0.1, -0.05) is 6.92 Å². The second-order valence-corrected chi connectivity index (χ2v) is 6.00. The largest absolute Gasteiger partial charge is 0.457 e. The maximum Gasteiger partial charge on any atom is 0.457 e. The zero-order chi connectivity index (χ0) is 13.3. The minimum absolute atomic E-state index is 0.327. The molecule has 0 aromatic carbocycles. The standard InChI is InChI=1S/C11H22BNO4/c1-10(2,3)17-9(14)13-7-5-11(4,6-8-13)12(15)16/h15-16H,5-8H2,1-4H3. The van der Waals surface area contributed by atoms with Crippen LogP contribution in [-0.4, -0.2) is 46.9 Å². The van der Waals surface area contributed by atoms with Crippen LogP contribution in [0.25, 0.3) is 0 Å². The normalized spacial score (nSPS) is 20.0. The summed E-state index contributed by atoms with van der Waals surface area (Å²) in [6.07, 6.45) is 0.820. The summed E-state index contributed by atoms with van der Waals surface area (Å²) in [6.45, 7) is 8.32. The van der Waals surface area contributed by atoms with Gasteiger partial charge in [0.1, 0.15) is 5.60 Å². The van der Waals surface area contributed by atoms with Crippen molar-refractivity contribution >= 4 is 13.2 Å². The lowest BCUT2D eigenvalue weighted by Gasteiger charge is -2.39. The molecule has 1 aliphatic heterocycles. The van der Waals surface area contributed by atoms with Gasteiger partial charge in [-0.2, -0.15) is 0 Å². The lowest BCUT2D eigenvalue weighted by Crippen LogP contribution is -2.46. The fourth-order valence-corrected chi connectivity index (χ4v) is 1.78. The van der Waals surface area contributed by atoms with Crippen molar-refractivity contribution in [3.05, 3.63) is 0 Å². The van der Waals surface area contributed by atoms with Crippen LogP contribution in [0.5, 0.6) is 0 Å². The Bertz CT molecular complexity index is 280. The molecule has 2 N–H and O–H groups in total. The van der Waals surface area contributed by atoms with Crippen molar-refractivity contribution in [1.82, 2.24) is 4.90 Å². The Morgan fingerprint density at radius 1 is 1.29 bits per heavy atom. The first kappa shape index (κ1) is 14.3. The fraction of sp³-hybridized carbons (Fsp3) is 0.909. The molecule has 0 unspecified atom stereocenters. The first-order valence-electron chi connectivity index (χ1n) is 5.98. The molecule has 1 fully saturated rings. The van der Waals surface area contributed by atoms with E-state index in [0.29, 0.717) is 25.9 Å². The van der Waals surface area contributed by atoms with Crippen LogP contribution in [0.3, 0.4) is 0 Å². The van der Waals surface area contributed by atoms with E-state index in [0.717, 1.165) is 0 Å². The molecule has 0 radical (unpaired) electrons. The second kappa shape index (κ2) is 4.86. The highest BCUT2D eigenvalue weighted by atomic mass is 16.6. The van der Waals surface area contributed by atoms with E-state index < -0.39 is 18.0 Å². The maximum atomic E-state index is 11.8. The molecule has 0 aromatic rings. The van der Waals surface area contributed by atoms with Gasteiger partial charge in [0, 0.05) is 18.4 Å². The molecule has 0 aromatic heterocycles. The van der Waals surface area contributed by atoms with Crippen LogP contribution in [0, 0.1) is 0 Å². The van der Waals surface area contributed by atoms with Crippen molar-refractivity contribution in [3.63, 3.8) is 0 Å². The van der Waals surface area contributed by atoms with Gasteiger partial charge in [0.25, 0.3) is 0 Å². The Kier molecular flexibility index (Phi) is 4.09. The minimum Gasteiger partial charge on any atom is -0.444 e. The zero-order valence-corrected chi connectivity index (χ0v) is 11.1. The van der Waals surface area contributed by atoms with Crippen LogP contribution in [0.1, 0.15) is 40.5 Å². The van der Waals surface area contributed by atoms with Gasteiger partial charge in [0.15, 0.2) is 0 Å². The summed E-state index contributed by atoms with van der Waals surface area (Å²) in [5, 5.41) is 18.0. The van der Waals surface area contributed by atoms with Gasteiger partial charge in [-0.3, -0.25) is 0 Å². The summed E-state index contributed by atoms with van der Waals surface area (Å²) in [6, 6.07) is 0. The van der Waals surface area contributed by atoms with Crippen molar-refractivity contribution < 1.29 is 19.6 Å². The van der Waals surface area contributed by atoms with Gasteiger partial charge in [-0.15, -0.1) is 0 Å². The van der Waals surface area contributed by atoms with Crippen molar-refractivity contribution in [2.24, 2.45) is 0 Å². The van der Waals surface area contributed by atoms with Crippen LogP contribution in [-0.2, 0) is 4.74 Å². The first-order valence-corrected chi connectivity index (χ1v) is 5.98. The van der Waals surface area contributed by atoms with Crippen LogP contribution < -0.4 is 0 Å². The molecule has 1 rings (SSSR count). The highest BCUT2D eigenvalue weighted by Crippen LogP contribution is 2.39. The third-order valence-electron chi connectivity index (χ3n) is 3.18. The Hall–Kier alpha value is -0.745. The number of nitrogens with zero attached hydrogens (tertiary/aromatic N) is 1. The first-order chi connectivity index (χ1) is 7.64. The Labute approximate surface area is 103 Å². The average Bonchev–Trinajstić information content (AvgIpc) is 2.15. The lowest BCUT2D eigenvalue weighted by molar-refractivity contribution is 0.0185. The number of hydrogen-bond acceptors (Lipinski definition) is 4. The van der Waals surface area contributed by atoms with Crippen LogP contribution in [0.15, 0.2) is 0 Å². The summed E-state index contributed by atoms with van der Waals surface area (Å²) < 4.78 is 5.27. The number of ether oxygens (including phenoxy) is 1. The van der Waals surface area contributed by atoms with E-state index in [-0.39, 0.29) is 6.09 Å². The molecule has 0 saturated carbocycles. The summed E-state index contributed by atoms with van der Waals surface area (Å²) in [5.74, 6) is 0. The molecule has 0 atom stereocenters. The lowest BCUT2D eigenvalue weighted by atomic mass is 9.54. The van der Waals surface area contributed by atoms with E-state index in [9.17, 15) is 14.8 Å². The van der Waals surface area contributed by atoms with Crippen LogP contribution in [0.2, 0.25) is 5.31 Å². The number of carbonyl (C=O) groups excluding carboxylic acids is 1. The van der Waals surface area contributed by atoms with Crippen molar-refractivity contribution in [1.29, 1.82) is 0 Å². The Morgan fingerprint density at radius 2 is 1.76 bits per heavy atom. The van der Waals surface area contributed by atoms with Gasteiger partial charge in [0.05, 0.1) is 0 Å².